The van der Waals surface area contributed by atoms with Gasteiger partial charge in [-0.3, -0.25) is 14.6 Å². The van der Waals surface area contributed by atoms with E-state index in [2.05, 4.69) is 20.6 Å². The van der Waals surface area contributed by atoms with E-state index in [9.17, 15) is 19.5 Å². The van der Waals surface area contributed by atoms with E-state index in [0.717, 1.165) is 0 Å². The van der Waals surface area contributed by atoms with Gasteiger partial charge in [0.05, 0.1) is 36.6 Å². The minimum atomic E-state index is -0.511. The number of hydrogen-bond acceptors (Lipinski definition) is 7. The van der Waals surface area contributed by atoms with Crippen molar-refractivity contribution in [3.8, 4) is 5.75 Å². The molecule has 2 heterocycles. The van der Waals surface area contributed by atoms with Crippen molar-refractivity contribution in [2.45, 2.75) is 45.9 Å². The number of hydrogen-bond donors (Lipinski definition) is 3. The third-order valence-corrected chi connectivity index (χ3v) is 5.95. The fourth-order valence-electron chi connectivity index (χ4n) is 3.87. The van der Waals surface area contributed by atoms with E-state index in [4.69, 9.17) is 4.74 Å². The van der Waals surface area contributed by atoms with Gasteiger partial charge in [0, 0.05) is 37.9 Å². The summed E-state index contributed by atoms with van der Waals surface area (Å²) < 4.78 is 6.39. The van der Waals surface area contributed by atoms with Gasteiger partial charge >= 0.3 is 6.03 Å². The van der Waals surface area contributed by atoms with Crippen molar-refractivity contribution in [2.75, 3.05) is 32.1 Å². The van der Waals surface area contributed by atoms with Crippen LogP contribution in [0.5, 0.6) is 5.75 Å². The molecule has 0 fully saturated rings. The Morgan fingerprint density at radius 1 is 1.28 bits per heavy atom. The summed E-state index contributed by atoms with van der Waals surface area (Å²) in [6, 6.07) is 4.19. The Kier molecular flexibility index (Phi) is 8.81. The minimum Gasteiger partial charge on any atom is -0.485 e. The number of carbonyl (C=O) groups is 3. The zero-order chi connectivity index (χ0) is 26.4. The van der Waals surface area contributed by atoms with Crippen molar-refractivity contribution in [1.82, 2.24) is 25.1 Å². The SMILES string of the molecule is CC(C)NC(=O)N(C)C[C@H]1Oc2c(NC(=O)c3cnccn3)cccc2C(=O)N([C@H](C)CO)C[C@H]1C. The van der Waals surface area contributed by atoms with Crippen LogP contribution in [0.2, 0.25) is 0 Å². The first-order chi connectivity index (χ1) is 17.1. The summed E-state index contributed by atoms with van der Waals surface area (Å²) in [5.74, 6) is -0.829. The number of ether oxygens (including phenoxy) is 1. The Labute approximate surface area is 210 Å². The maximum Gasteiger partial charge on any atom is 0.317 e. The molecule has 0 radical (unpaired) electrons. The van der Waals surface area contributed by atoms with Gasteiger partial charge in [-0.1, -0.05) is 13.0 Å². The lowest BCUT2D eigenvalue weighted by Gasteiger charge is -2.38. The molecule has 36 heavy (non-hydrogen) atoms. The summed E-state index contributed by atoms with van der Waals surface area (Å²) >= 11 is 0. The second-order valence-corrected chi connectivity index (χ2v) is 9.33. The van der Waals surface area contributed by atoms with Gasteiger partial charge in [0.25, 0.3) is 11.8 Å². The van der Waals surface area contributed by atoms with Crippen molar-refractivity contribution >= 4 is 23.5 Å². The number of amides is 4. The number of likely N-dealkylation sites (N-methyl/N-ethyl adjacent to an activating group) is 1. The van der Waals surface area contributed by atoms with Crippen molar-refractivity contribution < 1.29 is 24.2 Å². The van der Waals surface area contributed by atoms with Crippen molar-refractivity contribution in [1.29, 1.82) is 0 Å². The predicted octanol–water partition coefficient (Wildman–Crippen LogP) is 2.00. The predicted molar refractivity (Wildman–Crippen MR) is 134 cm³/mol. The average molecular weight is 499 g/mol. The number of aliphatic hydroxyl groups excluding tert-OH is 1. The molecular weight excluding hydrogens is 464 g/mol. The number of para-hydroxylation sites is 1. The quantitative estimate of drug-likeness (QED) is 0.531. The molecule has 0 spiro atoms. The van der Waals surface area contributed by atoms with Crippen LogP contribution in [0.1, 0.15) is 48.5 Å². The first-order valence-electron chi connectivity index (χ1n) is 11.9. The van der Waals surface area contributed by atoms with Gasteiger partial charge < -0.3 is 30.3 Å². The number of rotatable bonds is 7. The van der Waals surface area contributed by atoms with E-state index >= 15 is 0 Å². The van der Waals surface area contributed by atoms with Gasteiger partial charge in [-0.2, -0.15) is 0 Å². The average Bonchev–Trinajstić information content (AvgIpc) is 2.86. The fraction of sp³-hybridized carbons (Fsp3) is 0.480. The van der Waals surface area contributed by atoms with Gasteiger partial charge in [-0.15, -0.1) is 0 Å². The number of aromatic nitrogens is 2. The van der Waals surface area contributed by atoms with Crippen molar-refractivity contribution in [3.05, 3.63) is 48.0 Å². The molecule has 2 aromatic rings. The van der Waals surface area contributed by atoms with Crippen LogP contribution in [0.4, 0.5) is 10.5 Å². The summed E-state index contributed by atoms with van der Waals surface area (Å²) in [7, 11) is 1.68. The Balaban J connectivity index is 2.00. The number of benzene rings is 1. The van der Waals surface area contributed by atoms with Crippen LogP contribution in [-0.4, -0.2) is 87.7 Å². The molecule has 194 valence electrons. The highest BCUT2D eigenvalue weighted by molar-refractivity contribution is 6.06. The molecule has 4 amide bonds. The standard InChI is InChI=1S/C25H34N6O5/c1-15(2)28-25(35)30(5)13-21-16(3)12-31(17(4)14-32)24(34)18-7-6-8-19(22(18)36-21)29-23(33)20-11-26-9-10-27-20/h6-11,15-17,21,32H,12-14H2,1-5H3,(H,28,35)(H,29,33)/t16-,17-,21-/m1/s1. The van der Waals surface area contributed by atoms with Crippen LogP contribution in [0.3, 0.4) is 0 Å². The third kappa shape index (κ3) is 6.28. The smallest absolute Gasteiger partial charge is 0.317 e. The highest BCUT2D eigenvalue weighted by atomic mass is 16.5. The monoisotopic (exact) mass is 498 g/mol. The Hall–Kier alpha value is -3.73. The highest BCUT2D eigenvalue weighted by Gasteiger charge is 2.35. The zero-order valence-corrected chi connectivity index (χ0v) is 21.3. The van der Waals surface area contributed by atoms with Crippen LogP contribution < -0.4 is 15.4 Å². The molecule has 11 heteroatoms. The number of nitrogens with zero attached hydrogens (tertiary/aromatic N) is 4. The maximum absolute atomic E-state index is 13.5. The molecule has 1 aliphatic heterocycles. The van der Waals surface area contributed by atoms with Crippen LogP contribution in [0.15, 0.2) is 36.8 Å². The molecule has 1 aromatic heterocycles. The van der Waals surface area contributed by atoms with E-state index in [0.29, 0.717) is 12.2 Å². The molecule has 1 aromatic carbocycles. The molecule has 0 aliphatic carbocycles. The molecule has 3 N–H and O–H groups in total. The van der Waals surface area contributed by atoms with E-state index in [1.165, 1.54) is 23.5 Å². The second-order valence-electron chi connectivity index (χ2n) is 9.33. The van der Waals surface area contributed by atoms with Gasteiger partial charge in [0.2, 0.25) is 0 Å². The second kappa shape index (κ2) is 11.8. The molecule has 0 saturated heterocycles. The van der Waals surface area contributed by atoms with E-state index in [-0.39, 0.29) is 54.1 Å². The number of aliphatic hydroxyl groups is 1. The van der Waals surface area contributed by atoms with Gasteiger partial charge in [0.1, 0.15) is 11.8 Å². The fourth-order valence-corrected chi connectivity index (χ4v) is 3.87. The lowest BCUT2D eigenvalue weighted by Crippen LogP contribution is -2.51. The summed E-state index contributed by atoms with van der Waals surface area (Å²) in [4.78, 5) is 50.0. The topological polar surface area (TPSA) is 137 Å². The molecule has 0 saturated carbocycles. The minimum absolute atomic E-state index is 0.0298. The number of fused-ring (bicyclic) bond motifs is 1. The van der Waals surface area contributed by atoms with Gasteiger partial charge in [-0.25, -0.2) is 9.78 Å². The summed E-state index contributed by atoms with van der Waals surface area (Å²) in [6.45, 7) is 7.80. The van der Waals surface area contributed by atoms with E-state index in [1.54, 1.807) is 37.1 Å². The molecule has 3 rings (SSSR count). The van der Waals surface area contributed by atoms with Crippen LogP contribution in [-0.2, 0) is 0 Å². The zero-order valence-electron chi connectivity index (χ0n) is 21.3. The lowest BCUT2D eigenvalue weighted by atomic mass is 9.99. The number of nitrogens with one attached hydrogen (secondary N) is 2. The summed E-state index contributed by atoms with van der Waals surface area (Å²) in [5, 5.41) is 15.4. The largest absolute Gasteiger partial charge is 0.485 e. The Bertz CT molecular complexity index is 1080. The van der Waals surface area contributed by atoms with E-state index in [1.807, 2.05) is 20.8 Å². The van der Waals surface area contributed by atoms with Crippen LogP contribution >= 0.6 is 0 Å². The first kappa shape index (κ1) is 26.9. The highest BCUT2D eigenvalue weighted by Crippen LogP contribution is 2.35. The molecule has 11 nitrogen and oxygen atoms in total. The maximum atomic E-state index is 13.5. The van der Waals surface area contributed by atoms with Crippen molar-refractivity contribution in [2.24, 2.45) is 5.92 Å². The number of carbonyl (C=O) groups excluding carboxylic acids is 3. The molecule has 0 unspecified atom stereocenters. The summed E-state index contributed by atoms with van der Waals surface area (Å²) in [6.07, 6.45) is 3.70. The first-order valence-corrected chi connectivity index (χ1v) is 11.9. The summed E-state index contributed by atoms with van der Waals surface area (Å²) in [5.41, 5.74) is 0.651. The number of urea groups is 1. The van der Waals surface area contributed by atoms with Gasteiger partial charge in [0.15, 0.2) is 5.75 Å². The molecular formula is C25H34N6O5. The van der Waals surface area contributed by atoms with Gasteiger partial charge in [-0.05, 0) is 32.9 Å². The molecule has 0 bridgehead atoms. The van der Waals surface area contributed by atoms with Crippen LogP contribution in [0.25, 0.3) is 0 Å². The third-order valence-electron chi connectivity index (χ3n) is 5.95. The Morgan fingerprint density at radius 2 is 2.03 bits per heavy atom. The molecule has 3 atom stereocenters. The molecule has 1 aliphatic rings. The van der Waals surface area contributed by atoms with Crippen LogP contribution in [0, 0.1) is 5.92 Å². The number of anilines is 1. The lowest BCUT2D eigenvalue weighted by molar-refractivity contribution is 0.0368. The Morgan fingerprint density at radius 3 is 2.67 bits per heavy atom. The van der Waals surface area contributed by atoms with E-state index < -0.39 is 18.1 Å². The van der Waals surface area contributed by atoms with Crippen molar-refractivity contribution in [3.63, 3.8) is 0 Å². The normalized spacial score (nSPS) is 18.4.